The summed E-state index contributed by atoms with van der Waals surface area (Å²) in [6, 6.07) is 15.4. The molecule has 2 aromatic carbocycles. The number of hydrogen-bond donors (Lipinski definition) is 0. The largest absolute Gasteiger partial charge is 0.489 e. The van der Waals surface area contributed by atoms with Crippen molar-refractivity contribution in [3.63, 3.8) is 0 Å². The van der Waals surface area contributed by atoms with Crippen LogP contribution in [0.4, 0.5) is 0 Å². The number of rotatable bonds is 4. The number of aldehydes is 1. The fraction of sp³-hybridized carbons (Fsp3) is 0.381. The van der Waals surface area contributed by atoms with Gasteiger partial charge in [0.1, 0.15) is 18.6 Å². The Morgan fingerprint density at radius 2 is 1.43 bits per heavy atom. The summed E-state index contributed by atoms with van der Waals surface area (Å²) in [6.07, 6.45) is 0.828. The van der Waals surface area contributed by atoms with Gasteiger partial charge in [-0.25, -0.2) is 0 Å². The normalized spacial score (nSPS) is 8.13. The minimum atomic E-state index is 0.518. The van der Waals surface area contributed by atoms with Gasteiger partial charge < -0.3 is 4.74 Å². The fourth-order valence-electron chi connectivity index (χ4n) is 1.58. The summed E-state index contributed by atoms with van der Waals surface area (Å²) in [7, 11) is 0. The summed E-state index contributed by atoms with van der Waals surface area (Å²) < 4.78 is 5.71. The summed E-state index contributed by atoms with van der Waals surface area (Å²) in [4.78, 5) is 10.7. The highest BCUT2D eigenvalue weighted by Gasteiger charge is 2.01. The Kier molecular flexibility index (Phi) is 16.4. The molecule has 23 heavy (non-hydrogen) atoms. The molecule has 0 saturated carbocycles. The van der Waals surface area contributed by atoms with Crippen molar-refractivity contribution in [3.8, 4) is 5.75 Å². The molecule has 0 aromatic heterocycles. The van der Waals surface area contributed by atoms with E-state index >= 15 is 0 Å². The smallest absolute Gasteiger partial charge is 0.150 e. The molecule has 0 atom stereocenters. The highest BCUT2D eigenvalue weighted by atomic mass is 16.5. The lowest BCUT2D eigenvalue weighted by molar-refractivity contribution is 0.112. The van der Waals surface area contributed by atoms with Crippen LogP contribution in [0.3, 0.4) is 0 Å². The van der Waals surface area contributed by atoms with Crippen LogP contribution in [-0.2, 0) is 6.61 Å². The molecule has 0 radical (unpaired) electrons. The van der Waals surface area contributed by atoms with Gasteiger partial charge in [-0.3, -0.25) is 4.79 Å². The van der Waals surface area contributed by atoms with E-state index in [1.807, 2.05) is 84.9 Å². The second-order valence-corrected chi connectivity index (χ2v) is 3.92. The SMILES string of the molecule is CC.CC.CC.Cc1ccc(C=O)cc1OCc1ccccc1. The van der Waals surface area contributed by atoms with Crippen LogP contribution in [0, 0.1) is 6.92 Å². The number of aryl methyl sites for hydroxylation is 1. The Bertz CT molecular complexity index is 505. The lowest BCUT2D eigenvalue weighted by Gasteiger charge is -2.09. The van der Waals surface area contributed by atoms with Crippen molar-refractivity contribution in [1.29, 1.82) is 0 Å². The van der Waals surface area contributed by atoms with Gasteiger partial charge >= 0.3 is 0 Å². The van der Waals surface area contributed by atoms with Crippen molar-refractivity contribution in [2.45, 2.75) is 55.1 Å². The molecule has 0 saturated heterocycles. The van der Waals surface area contributed by atoms with Crippen LogP contribution in [0.5, 0.6) is 5.75 Å². The standard InChI is InChI=1S/C15H14O2.3C2H6/c1-12-7-8-14(10-16)9-15(12)17-11-13-5-3-2-4-6-13;3*1-2/h2-10H,11H2,1H3;3*1-2H3. The third kappa shape index (κ3) is 9.51. The molecule has 0 heterocycles. The molecule has 0 aliphatic heterocycles. The average Bonchev–Trinajstić information content (AvgIpc) is 2.67. The molecule has 128 valence electrons. The molecule has 2 heteroatoms. The van der Waals surface area contributed by atoms with Gasteiger partial charge in [-0.1, -0.05) is 84.0 Å². The Morgan fingerprint density at radius 3 is 1.96 bits per heavy atom. The van der Waals surface area contributed by atoms with E-state index in [4.69, 9.17) is 4.74 Å². The first-order valence-corrected chi connectivity index (χ1v) is 8.52. The summed E-state index contributed by atoms with van der Waals surface area (Å²) in [6.45, 7) is 14.5. The van der Waals surface area contributed by atoms with Gasteiger partial charge in [0.2, 0.25) is 0 Å². The second-order valence-electron chi connectivity index (χ2n) is 3.92. The van der Waals surface area contributed by atoms with Crippen molar-refractivity contribution in [1.82, 2.24) is 0 Å². The molecule has 2 rings (SSSR count). The highest BCUT2D eigenvalue weighted by Crippen LogP contribution is 2.20. The monoisotopic (exact) mass is 316 g/mol. The molecule has 0 amide bonds. The van der Waals surface area contributed by atoms with Gasteiger partial charge in [-0.15, -0.1) is 0 Å². The lowest BCUT2D eigenvalue weighted by Crippen LogP contribution is -1.97. The van der Waals surface area contributed by atoms with Crippen LogP contribution in [-0.4, -0.2) is 6.29 Å². The third-order valence-corrected chi connectivity index (χ3v) is 2.59. The molecule has 0 unspecified atom stereocenters. The van der Waals surface area contributed by atoms with E-state index in [2.05, 4.69) is 0 Å². The molecule has 0 spiro atoms. The van der Waals surface area contributed by atoms with Crippen LogP contribution in [0.2, 0.25) is 0 Å². The van der Waals surface area contributed by atoms with Gasteiger partial charge in [0.25, 0.3) is 0 Å². The van der Waals surface area contributed by atoms with E-state index in [1.165, 1.54) is 0 Å². The third-order valence-electron chi connectivity index (χ3n) is 2.59. The van der Waals surface area contributed by atoms with Gasteiger partial charge in [0, 0.05) is 5.56 Å². The number of benzene rings is 2. The summed E-state index contributed by atoms with van der Waals surface area (Å²) >= 11 is 0. The zero-order valence-corrected chi connectivity index (χ0v) is 15.7. The Hall–Kier alpha value is -2.09. The quantitative estimate of drug-likeness (QED) is 0.605. The number of hydrogen-bond acceptors (Lipinski definition) is 2. The lowest BCUT2D eigenvalue weighted by atomic mass is 10.1. The molecular weight excluding hydrogens is 284 g/mol. The topological polar surface area (TPSA) is 26.3 Å². The van der Waals surface area contributed by atoms with Crippen LogP contribution in [0.1, 0.15) is 63.0 Å². The Balaban J connectivity index is 0. The first-order chi connectivity index (χ1) is 11.3. The Labute approximate surface area is 142 Å². The van der Waals surface area contributed by atoms with E-state index in [0.717, 1.165) is 23.2 Å². The molecular formula is C21H32O2. The molecule has 0 bridgehead atoms. The van der Waals surface area contributed by atoms with Crippen molar-refractivity contribution < 1.29 is 9.53 Å². The van der Waals surface area contributed by atoms with Gasteiger partial charge in [-0.2, -0.15) is 0 Å². The first kappa shape index (κ1) is 23.2. The molecule has 0 fully saturated rings. The zero-order valence-electron chi connectivity index (χ0n) is 15.7. The molecule has 2 nitrogen and oxygen atoms in total. The van der Waals surface area contributed by atoms with E-state index in [1.54, 1.807) is 12.1 Å². The van der Waals surface area contributed by atoms with Crippen molar-refractivity contribution in [2.24, 2.45) is 0 Å². The highest BCUT2D eigenvalue weighted by molar-refractivity contribution is 5.75. The predicted octanol–water partition coefficient (Wildman–Crippen LogP) is 6.47. The Morgan fingerprint density at radius 1 is 0.870 bits per heavy atom. The molecule has 0 aliphatic carbocycles. The maximum atomic E-state index is 10.7. The van der Waals surface area contributed by atoms with E-state index in [9.17, 15) is 4.79 Å². The molecule has 2 aromatic rings. The number of carbonyl (C=O) groups is 1. The zero-order chi connectivity index (χ0) is 18.1. The first-order valence-electron chi connectivity index (χ1n) is 8.52. The van der Waals surface area contributed by atoms with Crippen LogP contribution >= 0.6 is 0 Å². The number of carbonyl (C=O) groups excluding carboxylic acids is 1. The molecule has 0 N–H and O–H groups in total. The van der Waals surface area contributed by atoms with Gasteiger partial charge in [0.05, 0.1) is 0 Å². The maximum absolute atomic E-state index is 10.7. The van der Waals surface area contributed by atoms with Crippen LogP contribution in [0.25, 0.3) is 0 Å². The van der Waals surface area contributed by atoms with Crippen molar-refractivity contribution in [3.05, 3.63) is 65.2 Å². The van der Waals surface area contributed by atoms with Crippen molar-refractivity contribution in [2.75, 3.05) is 0 Å². The minimum absolute atomic E-state index is 0.518. The predicted molar refractivity (Wildman–Crippen MR) is 101 cm³/mol. The molecule has 0 aliphatic rings. The van der Waals surface area contributed by atoms with Gasteiger partial charge in [0.15, 0.2) is 0 Å². The van der Waals surface area contributed by atoms with Gasteiger partial charge in [-0.05, 0) is 24.1 Å². The van der Waals surface area contributed by atoms with Crippen molar-refractivity contribution >= 4 is 6.29 Å². The fourth-order valence-corrected chi connectivity index (χ4v) is 1.58. The average molecular weight is 316 g/mol. The summed E-state index contributed by atoms with van der Waals surface area (Å²) in [5.41, 5.74) is 2.79. The minimum Gasteiger partial charge on any atom is -0.489 e. The van der Waals surface area contributed by atoms with E-state index in [-0.39, 0.29) is 0 Å². The summed E-state index contributed by atoms with van der Waals surface area (Å²) in [5.74, 6) is 0.762. The van der Waals surface area contributed by atoms with E-state index < -0.39 is 0 Å². The van der Waals surface area contributed by atoms with Crippen LogP contribution in [0.15, 0.2) is 48.5 Å². The second kappa shape index (κ2) is 16.3. The van der Waals surface area contributed by atoms with E-state index in [0.29, 0.717) is 12.2 Å². The van der Waals surface area contributed by atoms with Crippen LogP contribution < -0.4 is 4.74 Å². The number of ether oxygens (including phenoxy) is 1. The maximum Gasteiger partial charge on any atom is 0.150 e. The summed E-state index contributed by atoms with van der Waals surface area (Å²) in [5, 5.41) is 0.